The number of carboxylic acids is 1. The van der Waals surface area contributed by atoms with Gasteiger partial charge in [0, 0.05) is 5.39 Å². The third-order valence-electron chi connectivity index (χ3n) is 3.79. The van der Waals surface area contributed by atoms with Gasteiger partial charge in [-0.15, -0.1) is 0 Å². The Bertz CT molecular complexity index is 612. The second kappa shape index (κ2) is 4.12. The first-order valence-corrected chi connectivity index (χ1v) is 6.45. The first kappa shape index (κ1) is 11.3. The van der Waals surface area contributed by atoms with E-state index >= 15 is 0 Å². The zero-order valence-electron chi connectivity index (χ0n) is 10.4. The van der Waals surface area contributed by atoms with Gasteiger partial charge < -0.3 is 5.11 Å². The van der Waals surface area contributed by atoms with Crippen molar-refractivity contribution in [2.75, 3.05) is 0 Å². The summed E-state index contributed by atoms with van der Waals surface area (Å²) >= 11 is 0. The van der Waals surface area contributed by atoms with Crippen molar-refractivity contribution in [3.8, 4) is 0 Å². The molecule has 0 atom stereocenters. The molecule has 1 aromatic heterocycles. The van der Waals surface area contributed by atoms with Crippen LogP contribution in [0.5, 0.6) is 0 Å². The molecule has 0 spiro atoms. The Morgan fingerprint density at radius 1 is 1.50 bits per heavy atom. The Morgan fingerprint density at radius 2 is 2.28 bits per heavy atom. The summed E-state index contributed by atoms with van der Waals surface area (Å²) in [6.45, 7) is 2.08. The molecule has 94 valence electrons. The summed E-state index contributed by atoms with van der Waals surface area (Å²) in [6.07, 6.45) is 4.42. The molecule has 1 saturated carbocycles. The van der Waals surface area contributed by atoms with Crippen molar-refractivity contribution in [1.29, 1.82) is 0 Å². The summed E-state index contributed by atoms with van der Waals surface area (Å²) in [7, 11) is 0. The molecule has 2 aromatic rings. The van der Waals surface area contributed by atoms with Gasteiger partial charge in [0.15, 0.2) is 0 Å². The van der Waals surface area contributed by atoms with Crippen LogP contribution in [0.1, 0.15) is 48.3 Å². The second-order valence-corrected chi connectivity index (χ2v) is 4.87. The fourth-order valence-electron chi connectivity index (χ4n) is 2.51. The fourth-order valence-corrected chi connectivity index (χ4v) is 2.51. The second-order valence-electron chi connectivity index (χ2n) is 4.87. The van der Waals surface area contributed by atoms with Gasteiger partial charge >= 0.3 is 5.97 Å². The molecule has 1 N–H and O–H groups in total. The third kappa shape index (κ3) is 1.60. The monoisotopic (exact) mass is 244 g/mol. The average Bonchev–Trinajstić information content (AvgIpc) is 2.65. The maximum Gasteiger partial charge on any atom is 0.335 e. The summed E-state index contributed by atoms with van der Waals surface area (Å²) < 4.78 is 2.03. The first-order chi connectivity index (χ1) is 8.70. The van der Waals surface area contributed by atoms with E-state index in [4.69, 9.17) is 5.11 Å². The molecule has 3 rings (SSSR count). The summed E-state index contributed by atoms with van der Waals surface area (Å²) in [5, 5.41) is 14.8. The van der Waals surface area contributed by atoms with Crippen LogP contribution in [0.3, 0.4) is 0 Å². The molecule has 0 radical (unpaired) electrons. The Balaban J connectivity index is 2.20. The zero-order valence-corrected chi connectivity index (χ0v) is 10.4. The van der Waals surface area contributed by atoms with Gasteiger partial charge in [0.2, 0.25) is 0 Å². The highest BCUT2D eigenvalue weighted by molar-refractivity contribution is 5.94. The number of nitrogens with zero attached hydrogens (tertiary/aromatic N) is 2. The van der Waals surface area contributed by atoms with Crippen molar-refractivity contribution in [1.82, 2.24) is 9.78 Å². The van der Waals surface area contributed by atoms with Gasteiger partial charge in [-0.3, -0.25) is 4.68 Å². The van der Waals surface area contributed by atoms with Crippen molar-refractivity contribution in [3.05, 3.63) is 29.5 Å². The van der Waals surface area contributed by atoms with E-state index in [0.29, 0.717) is 11.6 Å². The predicted octanol–water partition coefficient (Wildman–Crippen LogP) is 3.02. The van der Waals surface area contributed by atoms with Crippen LogP contribution in [-0.2, 0) is 6.42 Å². The molecule has 1 aromatic carbocycles. The van der Waals surface area contributed by atoms with E-state index in [0.717, 1.165) is 35.9 Å². The highest BCUT2D eigenvalue weighted by atomic mass is 16.4. The van der Waals surface area contributed by atoms with Crippen LogP contribution >= 0.6 is 0 Å². The van der Waals surface area contributed by atoms with E-state index in [1.807, 2.05) is 10.7 Å². The summed E-state index contributed by atoms with van der Waals surface area (Å²) in [4.78, 5) is 11.1. The summed E-state index contributed by atoms with van der Waals surface area (Å²) in [5.41, 5.74) is 2.37. The van der Waals surface area contributed by atoms with E-state index in [9.17, 15) is 4.79 Å². The molecule has 4 heteroatoms. The lowest BCUT2D eigenvalue weighted by molar-refractivity contribution is 0.0697. The van der Waals surface area contributed by atoms with E-state index in [2.05, 4.69) is 12.0 Å². The van der Waals surface area contributed by atoms with Gasteiger partial charge in [0.05, 0.1) is 22.8 Å². The average molecular weight is 244 g/mol. The minimum absolute atomic E-state index is 0.339. The molecule has 0 bridgehead atoms. The number of aromatic carboxylic acids is 1. The van der Waals surface area contributed by atoms with Crippen LogP contribution < -0.4 is 0 Å². The molecule has 4 nitrogen and oxygen atoms in total. The van der Waals surface area contributed by atoms with Crippen molar-refractivity contribution >= 4 is 16.9 Å². The lowest BCUT2D eigenvalue weighted by atomic mass is 9.93. The van der Waals surface area contributed by atoms with Gasteiger partial charge in [0.25, 0.3) is 0 Å². The van der Waals surface area contributed by atoms with E-state index in [1.165, 1.54) is 6.42 Å². The standard InChI is InChI=1S/C14H16N2O2/c1-2-12-11-7-6-9(14(17)18)8-13(11)16(15-12)10-4-3-5-10/h6-8,10H,2-5H2,1H3,(H,17,18). The maximum absolute atomic E-state index is 11.1. The minimum atomic E-state index is -0.878. The molecule has 18 heavy (non-hydrogen) atoms. The number of hydrogen-bond donors (Lipinski definition) is 1. The number of carbonyl (C=O) groups is 1. The maximum atomic E-state index is 11.1. The van der Waals surface area contributed by atoms with Gasteiger partial charge in [-0.25, -0.2) is 4.79 Å². The Morgan fingerprint density at radius 3 is 2.83 bits per heavy atom. The highest BCUT2D eigenvalue weighted by Crippen LogP contribution is 2.34. The molecular formula is C14H16N2O2. The highest BCUT2D eigenvalue weighted by Gasteiger charge is 2.23. The van der Waals surface area contributed by atoms with Crippen LogP contribution in [0.15, 0.2) is 18.2 Å². The number of rotatable bonds is 3. The van der Waals surface area contributed by atoms with Crippen LogP contribution in [0.4, 0.5) is 0 Å². The Labute approximate surface area is 105 Å². The quantitative estimate of drug-likeness (QED) is 0.902. The number of aryl methyl sites for hydroxylation is 1. The van der Waals surface area contributed by atoms with Crippen molar-refractivity contribution in [2.24, 2.45) is 0 Å². The molecule has 1 aliphatic rings. The van der Waals surface area contributed by atoms with Gasteiger partial charge in [-0.2, -0.15) is 5.10 Å². The predicted molar refractivity (Wildman–Crippen MR) is 69.0 cm³/mol. The number of aromatic nitrogens is 2. The largest absolute Gasteiger partial charge is 0.478 e. The zero-order chi connectivity index (χ0) is 12.7. The number of fused-ring (bicyclic) bond motifs is 1. The number of benzene rings is 1. The van der Waals surface area contributed by atoms with Crippen LogP contribution in [0.25, 0.3) is 10.9 Å². The fraction of sp³-hybridized carbons (Fsp3) is 0.429. The first-order valence-electron chi connectivity index (χ1n) is 6.45. The Hall–Kier alpha value is -1.84. The van der Waals surface area contributed by atoms with Gasteiger partial charge in [0.1, 0.15) is 0 Å². The third-order valence-corrected chi connectivity index (χ3v) is 3.79. The summed E-state index contributed by atoms with van der Waals surface area (Å²) in [6, 6.07) is 5.76. The minimum Gasteiger partial charge on any atom is -0.478 e. The van der Waals surface area contributed by atoms with E-state index in [-0.39, 0.29) is 0 Å². The number of carboxylic acid groups (broad SMARTS) is 1. The van der Waals surface area contributed by atoms with E-state index < -0.39 is 5.97 Å². The SMILES string of the molecule is CCc1nn(C2CCC2)c2cc(C(=O)O)ccc12. The topological polar surface area (TPSA) is 55.1 Å². The molecule has 1 aliphatic carbocycles. The van der Waals surface area contributed by atoms with Crippen LogP contribution in [-0.4, -0.2) is 20.9 Å². The molecular weight excluding hydrogens is 228 g/mol. The number of hydrogen-bond acceptors (Lipinski definition) is 2. The van der Waals surface area contributed by atoms with Gasteiger partial charge in [-0.1, -0.05) is 13.0 Å². The van der Waals surface area contributed by atoms with Crippen LogP contribution in [0.2, 0.25) is 0 Å². The normalized spacial score (nSPS) is 15.8. The lowest BCUT2D eigenvalue weighted by Gasteiger charge is -2.26. The van der Waals surface area contributed by atoms with Crippen molar-refractivity contribution in [3.63, 3.8) is 0 Å². The van der Waals surface area contributed by atoms with E-state index in [1.54, 1.807) is 12.1 Å². The Kier molecular flexibility index (Phi) is 2.58. The smallest absolute Gasteiger partial charge is 0.335 e. The molecule has 0 aliphatic heterocycles. The summed E-state index contributed by atoms with van der Waals surface area (Å²) in [5.74, 6) is -0.878. The van der Waals surface area contributed by atoms with Crippen molar-refractivity contribution < 1.29 is 9.90 Å². The lowest BCUT2D eigenvalue weighted by Crippen LogP contribution is -2.18. The molecule has 1 fully saturated rings. The van der Waals surface area contributed by atoms with Crippen LogP contribution in [0, 0.1) is 0 Å². The molecule has 0 amide bonds. The molecule has 0 unspecified atom stereocenters. The van der Waals surface area contributed by atoms with Gasteiger partial charge in [-0.05, 0) is 37.8 Å². The molecule has 0 saturated heterocycles. The molecule has 1 heterocycles. The van der Waals surface area contributed by atoms with Crippen molar-refractivity contribution in [2.45, 2.75) is 38.6 Å².